The predicted octanol–water partition coefficient (Wildman–Crippen LogP) is 4.26. The van der Waals surface area contributed by atoms with Crippen LogP contribution in [0.3, 0.4) is 0 Å². The highest BCUT2D eigenvalue weighted by Gasteiger charge is 2.13. The summed E-state index contributed by atoms with van der Waals surface area (Å²) < 4.78 is 29.2. The quantitative estimate of drug-likeness (QED) is 0.750. The number of rotatable bonds is 4. The minimum Gasteiger partial charge on any atom is -0.489 e. The molecule has 0 bridgehead atoms. The highest BCUT2D eigenvalue weighted by atomic mass is 79.9. The van der Waals surface area contributed by atoms with E-state index >= 15 is 0 Å². The van der Waals surface area contributed by atoms with Gasteiger partial charge in [-0.2, -0.15) is 0 Å². The van der Waals surface area contributed by atoms with E-state index in [0.717, 1.165) is 10.0 Å². The molecule has 0 N–H and O–H groups in total. The van der Waals surface area contributed by atoms with Crippen molar-refractivity contribution >= 4 is 35.7 Å². The Balaban J connectivity index is 2.16. The van der Waals surface area contributed by atoms with Crippen molar-refractivity contribution in [3.63, 3.8) is 0 Å². The van der Waals surface area contributed by atoms with Gasteiger partial charge < -0.3 is 4.74 Å². The molecule has 2 aromatic carbocycles. The van der Waals surface area contributed by atoms with E-state index < -0.39 is 9.05 Å². The van der Waals surface area contributed by atoms with Gasteiger partial charge in [-0.25, -0.2) is 8.42 Å². The fourth-order valence-electron chi connectivity index (χ4n) is 1.76. The molecule has 0 amide bonds. The molecule has 0 aliphatic heterocycles. The summed E-state index contributed by atoms with van der Waals surface area (Å²) >= 11 is 3.45. The Labute approximate surface area is 131 Å². The molecule has 0 heterocycles. The molecule has 2 aromatic rings. The van der Waals surface area contributed by atoms with Gasteiger partial charge in [-0.3, -0.25) is 0 Å². The molecule has 0 aliphatic rings. The molecule has 0 radical (unpaired) electrons. The molecule has 0 saturated heterocycles. The third-order valence-corrected chi connectivity index (χ3v) is 5.02. The Hall–Kier alpha value is -1.04. The summed E-state index contributed by atoms with van der Waals surface area (Å²) in [5.41, 5.74) is 1.57. The number of hydrogen-bond donors (Lipinski definition) is 0. The van der Waals surface area contributed by atoms with Gasteiger partial charge in [-0.1, -0.05) is 34.1 Å². The van der Waals surface area contributed by atoms with E-state index in [1.807, 2.05) is 24.3 Å². The van der Waals surface area contributed by atoms with Crippen LogP contribution in [0.1, 0.15) is 11.1 Å². The normalized spacial score (nSPS) is 11.3. The van der Waals surface area contributed by atoms with Gasteiger partial charge in [0.25, 0.3) is 9.05 Å². The van der Waals surface area contributed by atoms with Crippen molar-refractivity contribution in [2.45, 2.75) is 18.4 Å². The Bertz CT molecular complexity index is 729. The molecule has 0 spiro atoms. The molecule has 20 heavy (non-hydrogen) atoms. The molecular weight excluding hydrogens is 364 g/mol. The number of aryl methyl sites for hydroxylation is 1. The standard InChI is InChI=1S/C14H12BrClO3S/c1-10-8-12(6-7-14(10)20(16,17)18)19-9-11-4-2-3-5-13(11)15/h2-8H,9H2,1H3. The minimum atomic E-state index is -3.71. The largest absolute Gasteiger partial charge is 0.489 e. The maximum atomic E-state index is 11.3. The second-order valence-electron chi connectivity index (χ2n) is 4.25. The zero-order chi connectivity index (χ0) is 14.8. The second-order valence-corrected chi connectivity index (χ2v) is 7.63. The SMILES string of the molecule is Cc1cc(OCc2ccccc2Br)ccc1S(=O)(=O)Cl. The minimum absolute atomic E-state index is 0.104. The number of benzene rings is 2. The highest BCUT2D eigenvalue weighted by molar-refractivity contribution is 9.10. The fourth-order valence-corrected chi connectivity index (χ4v) is 3.35. The third-order valence-electron chi connectivity index (χ3n) is 2.76. The summed E-state index contributed by atoms with van der Waals surface area (Å²) in [4.78, 5) is 0.104. The van der Waals surface area contributed by atoms with E-state index in [0.29, 0.717) is 17.9 Å². The average molecular weight is 376 g/mol. The molecule has 3 nitrogen and oxygen atoms in total. The molecule has 6 heteroatoms. The monoisotopic (exact) mass is 374 g/mol. The molecule has 0 saturated carbocycles. The molecule has 0 aliphatic carbocycles. The molecule has 2 rings (SSSR count). The van der Waals surface area contributed by atoms with E-state index in [2.05, 4.69) is 15.9 Å². The number of hydrogen-bond acceptors (Lipinski definition) is 3. The van der Waals surface area contributed by atoms with Crippen molar-refractivity contribution in [1.82, 2.24) is 0 Å². The molecule has 0 atom stereocenters. The smallest absolute Gasteiger partial charge is 0.261 e. The molecular formula is C14H12BrClO3S. The van der Waals surface area contributed by atoms with Crippen molar-refractivity contribution in [3.05, 3.63) is 58.1 Å². The first kappa shape index (κ1) is 15.4. The van der Waals surface area contributed by atoms with Crippen LogP contribution < -0.4 is 4.74 Å². The summed E-state index contributed by atoms with van der Waals surface area (Å²) in [6.45, 7) is 2.08. The Morgan fingerprint density at radius 3 is 2.50 bits per heavy atom. The van der Waals surface area contributed by atoms with Crippen molar-refractivity contribution in [3.8, 4) is 5.75 Å². The van der Waals surface area contributed by atoms with Crippen LogP contribution in [0.15, 0.2) is 51.8 Å². The molecule has 0 fully saturated rings. The van der Waals surface area contributed by atoms with Gasteiger partial charge in [-0.05, 0) is 36.8 Å². The van der Waals surface area contributed by atoms with Crippen molar-refractivity contribution in [2.24, 2.45) is 0 Å². The van der Waals surface area contributed by atoms with Crippen LogP contribution >= 0.6 is 26.6 Å². The van der Waals surface area contributed by atoms with E-state index in [1.165, 1.54) is 6.07 Å². The Kier molecular flexibility index (Phi) is 4.73. The van der Waals surface area contributed by atoms with E-state index in [1.54, 1.807) is 19.1 Å². The van der Waals surface area contributed by atoms with Gasteiger partial charge in [0, 0.05) is 20.7 Å². The van der Waals surface area contributed by atoms with E-state index in [9.17, 15) is 8.42 Å². The first-order valence-corrected chi connectivity index (χ1v) is 8.89. The second kappa shape index (κ2) is 6.16. The van der Waals surface area contributed by atoms with Gasteiger partial charge in [0.2, 0.25) is 0 Å². The van der Waals surface area contributed by atoms with Gasteiger partial charge in [-0.15, -0.1) is 0 Å². The molecule has 0 unspecified atom stereocenters. The van der Waals surface area contributed by atoms with Crippen LogP contribution in [-0.2, 0) is 15.7 Å². The van der Waals surface area contributed by atoms with Crippen LogP contribution in [0.5, 0.6) is 5.75 Å². The zero-order valence-electron chi connectivity index (χ0n) is 10.6. The lowest BCUT2D eigenvalue weighted by molar-refractivity contribution is 0.305. The maximum absolute atomic E-state index is 11.3. The fraction of sp³-hybridized carbons (Fsp3) is 0.143. The Morgan fingerprint density at radius 2 is 1.90 bits per heavy atom. The van der Waals surface area contributed by atoms with Gasteiger partial charge in [0.1, 0.15) is 12.4 Å². The highest BCUT2D eigenvalue weighted by Crippen LogP contribution is 2.25. The van der Waals surface area contributed by atoms with Crippen molar-refractivity contribution < 1.29 is 13.2 Å². The molecule has 106 valence electrons. The van der Waals surface area contributed by atoms with Gasteiger partial charge in [0.15, 0.2) is 0 Å². The van der Waals surface area contributed by atoms with Crippen LogP contribution in [-0.4, -0.2) is 8.42 Å². The lowest BCUT2D eigenvalue weighted by Crippen LogP contribution is -1.99. The summed E-state index contributed by atoms with van der Waals surface area (Å²) in [5, 5.41) is 0. The average Bonchev–Trinajstić information content (AvgIpc) is 2.36. The van der Waals surface area contributed by atoms with Crippen molar-refractivity contribution in [1.29, 1.82) is 0 Å². The number of halogens is 2. The summed E-state index contributed by atoms with van der Waals surface area (Å²) in [7, 11) is 1.62. The van der Waals surface area contributed by atoms with E-state index in [4.69, 9.17) is 15.4 Å². The van der Waals surface area contributed by atoms with Crippen LogP contribution in [0.2, 0.25) is 0 Å². The number of ether oxygens (including phenoxy) is 1. The molecule has 0 aromatic heterocycles. The van der Waals surface area contributed by atoms with E-state index in [-0.39, 0.29) is 4.90 Å². The summed E-state index contributed by atoms with van der Waals surface area (Å²) in [5.74, 6) is 0.599. The lowest BCUT2D eigenvalue weighted by atomic mass is 10.2. The first-order chi connectivity index (χ1) is 9.38. The predicted molar refractivity (Wildman–Crippen MR) is 82.7 cm³/mol. The Morgan fingerprint density at radius 1 is 1.20 bits per heavy atom. The first-order valence-electron chi connectivity index (χ1n) is 5.79. The zero-order valence-corrected chi connectivity index (χ0v) is 13.8. The van der Waals surface area contributed by atoms with Crippen molar-refractivity contribution in [2.75, 3.05) is 0 Å². The van der Waals surface area contributed by atoms with Crippen LogP contribution in [0.4, 0.5) is 0 Å². The van der Waals surface area contributed by atoms with Crippen LogP contribution in [0.25, 0.3) is 0 Å². The van der Waals surface area contributed by atoms with Crippen LogP contribution in [0, 0.1) is 6.92 Å². The maximum Gasteiger partial charge on any atom is 0.261 e. The third kappa shape index (κ3) is 3.75. The van der Waals surface area contributed by atoms with Gasteiger partial charge in [0.05, 0.1) is 4.90 Å². The summed E-state index contributed by atoms with van der Waals surface area (Å²) in [6, 6.07) is 12.5. The lowest BCUT2D eigenvalue weighted by Gasteiger charge is -2.10. The topological polar surface area (TPSA) is 43.4 Å². The van der Waals surface area contributed by atoms with Gasteiger partial charge >= 0.3 is 0 Å². The summed E-state index contributed by atoms with van der Waals surface area (Å²) in [6.07, 6.45) is 0.